The first-order valence-electron chi connectivity index (χ1n) is 6.75. The van der Waals surface area contributed by atoms with Gasteiger partial charge in [-0.3, -0.25) is 4.79 Å². The van der Waals surface area contributed by atoms with E-state index < -0.39 is 9.84 Å². The Labute approximate surface area is 130 Å². The van der Waals surface area contributed by atoms with Crippen LogP contribution >= 0.6 is 0 Å². The van der Waals surface area contributed by atoms with E-state index in [2.05, 4.69) is 5.32 Å². The minimum absolute atomic E-state index is 0.0995. The summed E-state index contributed by atoms with van der Waals surface area (Å²) in [5.74, 6) is 0. The van der Waals surface area contributed by atoms with Crippen LogP contribution in [0.25, 0.3) is 5.57 Å². The maximum Gasteiger partial charge on any atom is 0.222 e. The number of amides is 1. The molecule has 0 saturated carbocycles. The van der Waals surface area contributed by atoms with Crippen LogP contribution in [0.4, 0.5) is 0 Å². The van der Waals surface area contributed by atoms with Gasteiger partial charge in [-0.15, -0.1) is 0 Å². The van der Waals surface area contributed by atoms with Crippen molar-refractivity contribution in [2.75, 3.05) is 0 Å². The van der Waals surface area contributed by atoms with Gasteiger partial charge < -0.3 is 5.32 Å². The molecule has 0 spiro atoms. The Morgan fingerprint density at radius 2 is 1.59 bits per heavy atom. The van der Waals surface area contributed by atoms with Gasteiger partial charge in [-0.25, -0.2) is 8.42 Å². The van der Waals surface area contributed by atoms with Crippen LogP contribution in [0.3, 0.4) is 0 Å². The number of carbonyl (C=O) groups is 1. The molecule has 1 N–H and O–H groups in total. The number of allylic oxidation sites excluding steroid dienone is 1. The van der Waals surface area contributed by atoms with E-state index in [0.717, 1.165) is 11.1 Å². The maximum absolute atomic E-state index is 12.8. The molecule has 0 heterocycles. The van der Waals surface area contributed by atoms with Crippen molar-refractivity contribution in [3.63, 3.8) is 0 Å². The zero-order valence-corrected chi connectivity index (χ0v) is 13.2. The van der Waals surface area contributed by atoms with Gasteiger partial charge >= 0.3 is 0 Å². The molecule has 0 fully saturated rings. The standard InChI is InChI=1S/C17H17NO3S/c1-13-8-10-16(11-9-13)22(20,21)17(18-12-19)14(2)15-6-4-3-5-7-15/h3-12H,1-2H3,(H,18,19). The zero-order valence-electron chi connectivity index (χ0n) is 12.4. The third-order valence-corrected chi connectivity index (χ3v) is 5.19. The Morgan fingerprint density at radius 1 is 1.00 bits per heavy atom. The van der Waals surface area contributed by atoms with Crippen molar-refractivity contribution >= 4 is 21.8 Å². The topological polar surface area (TPSA) is 63.2 Å². The molecule has 2 rings (SSSR count). The molecule has 1 amide bonds. The van der Waals surface area contributed by atoms with Gasteiger partial charge in [0.15, 0.2) is 0 Å². The fourth-order valence-electron chi connectivity index (χ4n) is 2.10. The number of aryl methyl sites for hydroxylation is 1. The lowest BCUT2D eigenvalue weighted by Gasteiger charge is -2.13. The van der Waals surface area contributed by atoms with E-state index in [4.69, 9.17) is 0 Å². The van der Waals surface area contributed by atoms with Gasteiger partial charge in [-0.1, -0.05) is 48.0 Å². The summed E-state index contributed by atoms with van der Waals surface area (Å²) in [6.45, 7) is 3.55. The molecule has 2 aromatic rings. The highest BCUT2D eigenvalue weighted by Gasteiger charge is 2.23. The Balaban J connectivity index is 2.60. The number of hydrogen-bond acceptors (Lipinski definition) is 3. The molecule has 22 heavy (non-hydrogen) atoms. The summed E-state index contributed by atoms with van der Waals surface area (Å²) in [6.07, 6.45) is 0.382. The first-order valence-corrected chi connectivity index (χ1v) is 8.23. The lowest BCUT2D eigenvalue weighted by atomic mass is 10.1. The van der Waals surface area contributed by atoms with Gasteiger partial charge in [0.2, 0.25) is 16.2 Å². The lowest BCUT2D eigenvalue weighted by molar-refractivity contribution is -0.108. The lowest BCUT2D eigenvalue weighted by Crippen LogP contribution is -2.21. The molecule has 0 unspecified atom stereocenters. The average molecular weight is 315 g/mol. The number of nitrogens with one attached hydrogen (secondary N) is 1. The second-order valence-corrected chi connectivity index (χ2v) is 6.79. The Hall–Kier alpha value is -2.40. The SMILES string of the molecule is CC(=C(NC=O)S(=O)(=O)c1ccc(C)cc1)c1ccccc1. The summed E-state index contributed by atoms with van der Waals surface area (Å²) < 4.78 is 25.5. The van der Waals surface area contributed by atoms with E-state index in [0.29, 0.717) is 12.0 Å². The van der Waals surface area contributed by atoms with Gasteiger partial charge in [-0.2, -0.15) is 0 Å². The van der Waals surface area contributed by atoms with Crippen molar-refractivity contribution in [1.82, 2.24) is 5.32 Å². The molecule has 0 aliphatic carbocycles. The number of sulfone groups is 1. The molecule has 5 heteroatoms. The number of hydrogen-bond donors (Lipinski definition) is 1. The maximum atomic E-state index is 12.8. The largest absolute Gasteiger partial charge is 0.319 e. The van der Waals surface area contributed by atoms with E-state index in [-0.39, 0.29) is 9.92 Å². The average Bonchev–Trinajstić information content (AvgIpc) is 2.53. The minimum atomic E-state index is -3.79. The molecular weight excluding hydrogens is 298 g/mol. The molecule has 0 aliphatic rings. The van der Waals surface area contributed by atoms with Crippen LogP contribution in [0.2, 0.25) is 0 Å². The molecule has 0 radical (unpaired) electrons. The summed E-state index contributed by atoms with van der Waals surface area (Å²) in [7, 11) is -3.79. The fourth-order valence-corrected chi connectivity index (χ4v) is 3.55. The summed E-state index contributed by atoms with van der Waals surface area (Å²) in [5.41, 5.74) is 2.20. The predicted molar refractivity (Wildman–Crippen MR) is 86.6 cm³/mol. The number of carbonyl (C=O) groups excluding carboxylic acids is 1. The Kier molecular flexibility index (Phi) is 4.78. The van der Waals surface area contributed by atoms with Crippen LogP contribution in [0.5, 0.6) is 0 Å². The van der Waals surface area contributed by atoms with E-state index in [1.165, 1.54) is 12.1 Å². The van der Waals surface area contributed by atoms with Crippen molar-refractivity contribution < 1.29 is 13.2 Å². The fraction of sp³-hybridized carbons (Fsp3) is 0.118. The number of rotatable bonds is 5. The summed E-state index contributed by atoms with van der Waals surface area (Å²) in [6, 6.07) is 15.6. The normalized spacial score (nSPS) is 12.5. The van der Waals surface area contributed by atoms with Crippen molar-refractivity contribution in [2.24, 2.45) is 0 Å². The molecular formula is C17H17NO3S. The first kappa shape index (κ1) is 16.0. The Bertz CT molecular complexity index is 792. The minimum Gasteiger partial charge on any atom is -0.319 e. The molecule has 0 bridgehead atoms. The van der Waals surface area contributed by atoms with Gasteiger partial charge in [-0.05, 0) is 37.1 Å². The molecule has 0 aliphatic heterocycles. The number of benzene rings is 2. The molecule has 0 saturated heterocycles. The molecule has 4 nitrogen and oxygen atoms in total. The van der Waals surface area contributed by atoms with Gasteiger partial charge in [0.25, 0.3) is 0 Å². The van der Waals surface area contributed by atoms with Crippen LogP contribution in [0, 0.1) is 6.92 Å². The third-order valence-electron chi connectivity index (χ3n) is 3.34. The first-order chi connectivity index (χ1) is 10.5. The summed E-state index contributed by atoms with van der Waals surface area (Å²) in [4.78, 5) is 11.0. The van der Waals surface area contributed by atoms with Crippen LogP contribution in [-0.4, -0.2) is 14.8 Å². The second-order valence-electron chi connectivity index (χ2n) is 4.90. The molecule has 114 valence electrons. The molecule has 0 aromatic heterocycles. The van der Waals surface area contributed by atoms with E-state index in [1.54, 1.807) is 31.2 Å². The van der Waals surface area contributed by atoms with Crippen LogP contribution < -0.4 is 5.32 Å². The second kappa shape index (κ2) is 6.58. The summed E-state index contributed by atoms with van der Waals surface area (Å²) in [5, 5.41) is 2.25. The van der Waals surface area contributed by atoms with E-state index >= 15 is 0 Å². The van der Waals surface area contributed by atoms with Crippen LogP contribution in [0.1, 0.15) is 18.1 Å². The van der Waals surface area contributed by atoms with E-state index in [1.807, 2.05) is 25.1 Å². The monoisotopic (exact) mass is 315 g/mol. The van der Waals surface area contributed by atoms with E-state index in [9.17, 15) is 13.2 Å². The van der Waals surface area contributed by atoms with Crippen molar-refractivity contribution in [1.29, 1.82) is 0 Å². The van der Waals surface area contributed by atoms with Gasteiger partial charge in [0, 0.05) is 0 Å². The third kappa shape index (κ3) is 3.26. The molecule has 2 aromatic carbocycles. The highest BCUT2D eigenvalue weighted by Crippen LogP contribution is 2.25. The Morgan fingerprint density at radius 3 is 2.14 bits per heavy atom. The summed E-state index contributed by atoms with van der Waals surface area (Å²) >= 11 is 0. The highest BCUT2D eigenvalue weighted by molar-refractivity contribution is 7.95. The van der Waals surface area contributed by atoms with Crippen LogP contribution in [-0.2, 0) is 14.6 Å². The highest BCUT2D eigenvalue weighted by atomic mass is 32.2. The zero-order chi connectivity index (χ0) is 16.2. The van der Waals surface area contributed by atoms with Crippen molar-refractivity contribution in [3.8, 4) is 0 Å². The molecule has 0 atom stereocenters. The predicted octanol–water partition coefficient (Wildman–Crippen LogP) is 2.90. The van der Waals surface area contributed by atoms with Gasteiger partial charge in [0.05, 0.1) is 4.90 Å². The van der Waals surface area contributed by atoms with Gasteiger partial charge in [0.1, 0.15) is 5.03 Å². The van der Waals surface area contributed by atoms with Crippen LogP contribution in [0.15, 0.2) is 64.5 Å². The smallest absolute Gasteiger partial charge is 0.222 e. The van der Waals surface area contributed by atoms with Crippen molar-refractivity contribution in [3.05, 3.63) is 70.8 Å². The quantitative estimate of drug-likeness (QED) is 0.863. The van der Waals surface area contributed by atoms with Crippen molar-refractivity contribution in [2.45, 2.75) is 18.7 Å².